The predicted octanol–water partition coefficient (Wildman–Crippen LogP) is 6.92. The normalized spacial score (nSPS) is 11.9. The summed E-state index contributed by atoms with van der Waals surface area (Å²) in [4.78, 5) is 19.5. The topological polar surface area (TPSA) is 23.6 Å². The van der Waals surface area contributed by atoms with Crippen molar-refractivity contribution in [2.45, 2.75) is 9.79 Å². The lowest BCUT2D eigenvalue weighted by molar-refractivity contribution is 0.100. The number of para-hydroxylation sites is 3. The molecule has 5 rings (SSSR count). The molecule has 0 aliphatic carbocycles. The molecular formula is C26H18N2OS2. The summed E-state index contributed by atoms with van der Waals surface area (Å²) >= 11 is 7.74. The van der Waals surface area contributed by atoms with Gasteiger partial charge in [-0.1, -0.05) is 72.4 Å². The molecule has 5 heteroatoms. The molecule has 1 aliphatic rings. The quantitative estimate of drug-likeness (QED) is 0.317. The number of anilines is 3. The Hall–Kier alpha value is -3.41. The van der Waals surface area contributed by atoms with Gasteiger partial charge in [0, 0.05) is 15.4 Å². The first-order chi connectivity index (χ1) is 15.2. The van der Waals surface area contributed by atoms with Crippen molar-refractivity contribution in [2.75, 3.05) is 9.80 Å². The summed E-state index contributed by atoms with van der Waals surface area (Å²) < 4.78 is 0. The smallest absolute Gasteiger partial charge is 0.264 e. The summed E-state index contributed by atoms with van der Waals surface area (Å²) in [6, 6.07) is 35.1. The highest BCUT2D eigenvalue weighted by molar-refractivity contribution is 7.99. The lowest BCUT2D eigenvalue weighted by Crippen LogP contribution is -2.45. The fraction of sp³-hybridized carbons (Fsp3) is 0. The van der Waals surface area contributed by atoms with Crippen molar-refractivity contribution >= 4 is 52.1 Å². The van der Waals surface area contributed by atoms with Gasteiger partial charge in [0.25, 0.3) is 5.91 Å². The molecule has 0 saturated carbocycles. The van der Waals surface area contributed by atoms with Gasteiger partial charge >= 0.3 is 0 Å². The number of benzene rings is 4. The van der Waals surface area contributed by atoms with Crippen LogP contribution in [-0.4, -0.2) is 11.0 Å². The molecule has 31 heavy (non-hydrogen) atoms. The summed E-state index contributed by atoms with van der Waals surface area (Å²) in [6.07, 6.45) is 0. The van der Waals surface area contributed by atoms with Gasteiger partial charge in [0.05, 0.1) is 17.1 Å². The number of hydrogen-bond donors (Lipinski definition) is 0. The first-order valence-corrected chi connectivity index (χ1v) is 11.1. The van der Waals surface area contributed by atoms with Gasteiger partial charge in [-0.05, 0) is 60.7 Å². The van der Waals surface area contributed by atoms with E-state index < -0.39 is 0 Å². The van der Waals surface area contributed by atoms with E-state index in [0.717, 1.165) is 26.9 Å². The second-order valence-electron chi connectivity index (χ2n) is 7.00. The molecule has 1 amide bonds. The highest BCUT2D eigenvalue weighted by Crippen LogP contribution is 2.48. The van der Waals surface area contributed by atoms with Crippen molar-refractivity contribution in [1.29, 1.82) is 0 Å². The van der Waals surface area contributed by atoms with E-state index in [1.807, 2.05) is 102 Å². The number of amides is 1. The average molecular weight is 439 g/mol. The monoisotopic (exact) mass is 438 g/mol. The number of nitrogens with zero attached hydrogens (tertiary/aromatic N) is 2. The van der Waals surface area contributed by atoms with Gasteiger partial charge in [-0.15, -0.1) is 0 Å². The molecule has 0 unspecified atom stereocenters. The van der Waals surface area contributed by atoms with E-state index in [4.69, 9.17) is 12.2 Å². The Morgan fingerprint density at radius 2 is 1.16 bits per heavy atom. The zero-order valence-electron chi connectivity index (χ0n) is 16.5. The molecule has 0 saturated heterocycles. The number of carbonyl (C=O) groups is 1. The third-order valence-corrected chi connectivity index (χ3v) is 6.55. The van der Waals surface area contributed by atoms with Crippen LogP contribution < -0.4 is 9.80 Å². The maximum absolute atomic E-state index is 13.7. The minimum absolute atomic E-state index is 0.162. The van der Waals surface area contributed by atoms with Crippen molar-refractivity contribution in [2.24, 2.45) is 0 Å². The lowest BCUT2D eigenvalue weighted by Gasteiger charge is -2.36. The Balaban J connectivity index is 1.67. The molecule has 0 N–H and O–H groups in total. The summed E-state index contributed by atoms with van der Waals surface area (Å²) in [5.41, 5.74) is 3.26. The summed E-state index contributed by atoms with van der Waals surface area (Å²) in [5.74, 6) is -0.162. The molecule has 3 nitrogen and oxygen atoms in total. The van der Waals surface area contributed by atoms with Crippen molar-refractivity contribution in [3.8, 4) is 0 Å². The SMILES string of the molecule is O=C(c1ccccc1)N(C(=S)N1c2ccccc2Sc2ccccc21)c1ccccc1. The molecule has 150 valence electrons. The van der Waals surface area contributed by atoms with Gasteiger partial charge in [-0.2, -0.15) is 0 Å². The third-order valence-electron chi connectivity index (χ3n) is 5.05. The minimum atomic E-state index is -0.162. The van der Waals surface area contributed by atoms with Gasteiger partial charge in [-0.3, -0.25) is 14.6 Å². The molecule has 0 fully saturated rings. The second-order valence-corrected chi connectivity index (χ2v) is 8.45. The number of carbonyl (C=O) groups excluding carboxylic acids is 1. The predicted molar refractivity (Wildman–Crippen MR) is 131 cm³/mol. The fourth-order valence-corrected chi connectivity index (χ4v) is 5.06. The van der Waals surface area contributed by atoms with E-state index in [1.54, 1.807) is 16.7 Å². The third kappa shape index (κ3) is 3.63. The Morgan fingerprint density at radius 3 is 1.74 bits per heavy atom. The number of hydrogen-bond acceptors (Lipinski definition) is 3. The fourth-order valence-electron chi connectivity index (χ4n) is 3.61. The Labute approximate surface area is 190 Å². The maximum Gasteiger partial charge on any atom is 0.264 e. The van der Waals surface area contributed by atoms with Gasteiger partial charge in [0.1, 0.15) is 0 Å². The van der Waals surface area contributed by atoms with Crippen molar-refractivity contribution in [1.82, 2.24) is 0 Å². The highest BCUT2D eigenvalue weighted by atomic mass is 32.2. The van der Waals surface area contributed by atoms with Crippen molar-refractivity contribution in [3.05, 3.63) is 115 Å². The lowest BCUT2D eigenvalue weighted by atomic mass is 10.1. The Bertz CT molecular complexity index is 1210. The van der Waals surface area contributed by atoms with E-state index in [9.17, 15) is 4.79 Å². The zero-order chi connectivity index (χ0) is 21.2. The van der Waals surface area contributed by atoms with Crippen LogP contribution >= 0.6 is 24.0 Å². The largest absolute Gasteiger partial charge is 0.285 e. The van der Waals surface area contributed by atoms with Gasteiger partial charge in [0.15, 0.2) is 5.11 Å². The van der Waals surface area contributed by atoms with Crippen LogP contribution in [0.2, 0.25) is 0 Å². The van der Waals surface area contributed by atoms with Gasteiger partial charge in [-0.25, -0.2) is 0 Å². The Kier molecular flexibility index (Phi) is 5.28. The second kappa shape index (κ2) is 8.38. The molecule has 0 atom stereocenters. The zero-order valence-corrected chi connectivity index (χ0v) is 18.1. The number of thiocarbonyl (C=S) groups is 1. The Morgan fingerprint density at radius 1 is 0.677 bits per heavy atom. The highest BCUT2D eigenvalue weighted by Gasteiger charge is 2.32. The van der Waals surface area contributed by atoms with Crippen molar-refractivity contribution < 1.29 is 4.79 Å². The standard InChI is InChI=1S/C26H18N2OS2/c29-25(19-11-3-1-4-12-19)27(20-13-5-2-6-14-20)26(30)28-21-15-7-9-17-23(21)31-24-18-10-8-16-22(24)28/h1-18H. The molecular weight excluding hydrogens is 420 g/mol. The molecule has 0 radical (unpaired) electrons. The van der Waals surface area contributed by atoms with E-state index in [-0.39, 0.29) is 5.91 Å². The molecule has 0 spiro atoms. The first kappa shape index (κ1) is 19.5. The van der Waals surface area contributed by atoms with E-state index >= 15 is 0 Å². The summed E-state index contributed by atoms with van der Waals surface area (Å²) in [7, 11) is 0. The van der Waals surface area contributed by atoms with Crippen molar-refractivity contribution in [3.63, 3.8) is 0 Å². The van der Waals surface area contributed by atoms with Crippen LogP contribution in [0.25, 0.3) is 0 Å². The van der Waals surface area contributed by atoms with E-state index in [1.165, 1.54) is 0 Å². The summed E-state index contributed by atoms with van der Waals surface area (Å²) in [6.45, 7) is 0. The molecule has 0 aromatic heterocycles. The van der Waals surface area contributed by atoms with Crippen LogP contribution in [0, 0.1) is 0 Å². The average Bonchev–Trinajstić information content (AvgIpc) is 2.83. The molecule has 0 bridgehead atoms. The van der Waals surface area contributed by atoms with E-state index in [2.05, 4.69) is 12.1 Å². The molecule has 1 aliphatic heterocycles. The van der Waals surface area contributed by atoms with Crippen LogP contribution in [0.1, 0.15) is 10.4 Å². The van der Waals surface area contributed by atoms with Gasteiger partial charge < -0.3 is 0 Å². The summed E-state index contributed by atoms with van der Waals surface area (Å²) in [5, 5.41) is 0.417. The van der Waals surface area contributed by atoms with Crippen LogP contribution in [0.5, 0.6) is 0 Å². The van der Waals surface area contributed by atoms with Crippen LogP contribution in [0.3, 0.4) is 0 Å². The first-order valence-electron chi connectivity index (χ1n) is 9.88. The number of fused-ring (bicyclic) bond motifs is 2. The van der Waals surface area contributed by atoms with Crippen LogP contribution in [-0.2, 0) is 0 Å². The van der Waals surface area contributed by atoms with Crippen LogP contribution in [0.4, 0.5) is 17.1 Å². The maximum atomic E-state index is 13.7. The van der Waals surface area contributed by atoms with E-state index in [0.29, 0.717) is 10.7 Å². The molecule has 4 aromatic carbocycles. The van der Waals surface area contributed by atoms with Gasteiger partial charge in [0.2, 0.25) is 0 Å². The molecule has 4 aromatic rings. The van der Waals surface area contributed by atoms with Crippen LogP contribution in [0.15, 0.2) is 119 Å². The number of rotatable bonds is 2. The molecule has 1 heterocycles. The minimum Gasteiger partial charge on any atom is -0.285 e.